The van der Waals surface area contributed by atoms with Crippen molar-refractivity contribution in [2.75, 3.05) is 0 Å². The molecular weight excluding hydrogens is 669 g/mol. The largest absolute Gasteiger partial charge is 0.421 e. The van der Waals surface area contributed by atoms with Crippen LogP contribution in [0, 0.1) is 6.92 Å². The highest BCUT2D eigenvalue weighted by molar-refractivity contribution is 9.11. The maximum atomic E-state index is 13.6. The molecule has 5 rings (SSSR count). The molecule has 0 amide bonds. The van der Waals surface area contributed by atoms with Gasteiger partial charge in [0.25, 0.3) is 5.56 Å². The summed E-state index contributed by atoms with van der Waals surface area (Å²) in [6, 6.07) is 22.4. The van der Waals surface area contributed by atoms with Gasteiger partial charge in [0, 0.05) is 20.6 Å². The first-order chi connectivity index (χ1) is 18.7. The van der Waals surface area contributed by atoms with Crippen LogP contribution < -0.4 is 10.3 Å². The normalized spacial score (nSPS) is 11.3. The first-order valence-corrected chi connectivity index (χ1v) is 13.8. The summed E-state index contributed by atoms with van der Waals surface area (Å²) in [5, 5.41) is 5.63. The number of carbonyl (C=O) groups excluding carboxylic acids is 1. The average molecular weight is 686 g/mol. The van der Waals surface area contributed by atoms with E-state index in [0.717, 1.165) is 10.2 Å². The second kappa shape index (κ2) is 11.4. The van der Waals surface area contributed by atoms with Gasteiger partial charge in [-0.15, -0.1) is 0 Å². The second-order valence-electron chi connectivity index (χ2n) is 8.50. The van der Waals surface area contributed by atoms with E-state index in [1.807, 2.05) is 19.1 Å². The summed E-state index contributed by atoms with van der Waals surface area (Å²) in [6.45, 7) is 1.93. The molecule has 4 aromatic carbocycles. The molecule has 0 aliphatic rings. The van der Waals surface area contributed by atoms with Crippen LogP contribution >= 0.6 is 55.1 Å². The van der Waals surface area contributed by atoms with Crippen molar-refractivity contribution in [1.82, 2.24) is 9.66 Å². The number of fused-ring (bicyclic) bond motifs is 1. The Balaban J connectivity index is 1.64. The number of aryl methyl sites for hydroxylation is 1. The minimum Gasteiger partial charge on any atom is -0.421 e. The number of aromatic nitrogens is 2. The first-order valence-electron chi connectivity index (χ1n) is 11.5. The first kappa shape index (κ1) is 27.3. The number of nitrogens with zero attached hydrogens (tertiary/aromatic N) is 3. The molecule has 1 heterocycles. The zero-order valence-corrected chi connectivity index (χ0v) is 24.8. The average Bonchev–Trinajstić information content (AvgIpc) is 2.90. The van der Waals surface area contributed by atoms with Crippen molar-refractivity contribution in [3.05, 3.63) is 125 Å². The highest BCUT2D eigenvalue weighted by Crippen LogP contribution is 2.33. The molecule has 0 aliphatic carbocycles. The van der Waals surface area contributed by atoms with Crippen LogP contribution in [0.3, 0.4) is 0 Å². The molecule has 0 N–H and O–H groups in total. The molecule has 0 saturated carbocycles. The monoisotopic (exact) mass is 683 g/mol. The molecule has 5 aromatic rings. The van der Waals surface area contributed by atoms with E-state index in [1.54, 1.807) is 66.7 Å². The summed E-state index contributed by atoms with van der Waals surface area (Å²) in [6.07, 6.45) is 1.43. The fraction of sp³-hybridized carbons (Fsp3) is 0.0345. The molecule has 0 spiro atoms. The SMILES string of the molecule is Cc1ccc(C(=O)Oc2c(Br)cc(Br)cc2C=Nn2c(-c3ccc(Cl)cc3Cl)nc3ccccc3c2=O)cc1. The predicted molar refractivity (Wildman–Crippen MR) is 162 cm³/mol. The summed E-state index contributed by atoms with van der Waals surface area (Å²) < 4.78 is 8.14. The number of rotatable bonds is 5. The van der Waals surface area contributed by atoms with Gasteiger partial charge in [-0.2, -0.15) is 9.78 Å². The van der Waals surface area contributed by atoms with Crippen molar-refractivity contribution in [2.24, 2.45) is 5.10 Å². The molecule has 0 unspecified atom stereocenters. The summed E-state index contributed by atoms with van der Waals surface area (Å²) in [7, 11) is 0. The van der Waals surface area contributed by atoms with Crippen molar-refractivity contribution < 1.29 is 9.53 Å². The van der Waals surface area contributed by atoms with Crippen LogP contribution in [0.1, 0.15) is 21.5 Å². The number of halogens is 4. The lowest BCUT2D eigenvalue weighted by atomic mass is 10.1. The molecule has 6 nitrogen and oxygen atoms in total. The van der Waals surface area contributed by atoms with Gasteiger partial charge in [0.2, 0.25) is 0 Å². The Morgan fingerprint density at radius 2 is 1.74 bits per heavy atom. The van der Waals surface area contributed by atoms with Gasteiger partial charge >= 0.3 is 5.97 Å². The summed E-state index contributed by atoms with van der Waals surface area (Å²) in [5.41, 5.74) is 2.42. The lowest BCUT2D eigenvalue weighted by Crippen LogP contribution is -2.20. The predicted octanol–water partition coefficient (Wildman–Crippen LogP) is 8.31. The standard InChI is InChI=1S/C29H17Br2Cl2N3O3/c1-16-6-8-17(9-7-16)29(38)39-26-18(12-19(30)13-23(26)31)15-34-36-27(21-11-10-20(32)14-24(21)33)35-25-5-3-2-4-22(25)28(36)37/h2-15H,1H3. The number of carbonyl (C=O) groups is 1. The van der Waals surface area contributed by atoms with Crippen LogP contribution in [0.2, 0.25) is 10.0 Å². The Bertz CT molecular complexity index is 1840. The van der Waals surface area contributed by atoms with Gasteiger partial charge in [-0.25, -0.2) is 9.78 Å². The quantitative estimate of drug-likeness (QED) is 0.106. The van der Waals surface area contributed by atoms with Crippen molar-refractivity contribution in [2.45, 2.75) is 6.92 Å². The van der Waals surface area contributed by atoms with Crippen molar-refractivity contribution >= 4 is 78.1 Å². The molecule has 0 atom stereocenters. The minimum absolute atomic E-state index is 0.226. The van der Waals surface area contributed by atoms with E-state index in [1.165, 1.54) is 6.21 Å². The number of benzene rings is 4. The molecule has 0 aliphatic heterocycles. The van der Waals surface area contributed by atoms with E-state index in [-0.39, 0.29) is 11.6 Å². The molecule has 0 bridgehead atoms. The van der Waals surface area contributed by atoms with Gasteiger partial charge in [0.1, 0.15) is 0 Å². The van der Waals surface area contributed by atoms with Gasteiger partial charge in [-0.05, 0) is 77.5 Å². The number of hydrogen-bond donors (Lipinski definition) is 0. The molecule has 194 valence electrons. The van der Waals surface area contributed by atoms with E-state index < -0.39 is 11.5 Å². The van der Waals surface area contributed by atoms with Crippen LogP contribution in [0.15, 0.2) is 97.7 Å². The Hall–Kier alpha value is -3.30. The van der Waals surface area contributed by atoms with Crippen molar-refractivity contribution in [3.8, 4) is 17.1 Å². The highest BCUT2D eigenvalue weighted by atomic mass is 79.9. The zero-order valence-electron chi connectivity index (χ0n) is 20.2. The van der Waals surface area contributed by atoms with Crippen molar-refractivity contribution in [3.63, 3.8) is 0 Å². The smallest absolute Gasteiger partial charge is 0.343 e. The Morgan fingerprint density at radius 1 is 1.00 bits per heavy atom. The lowest BCUT2D eigenvalue weighted by molar-refractivity contribution is 0.0733. The van der Waals surface area contributed by atoms with E-state index >= 15 is 0 Å². The van der Waals surface area contributed by atoms with Crippen LogP contribution in [0.4, 0.5) is 0 Å². The minimum atomic E-state index is -0.536. The number of hydrogen-bond acceptors (Lipinski definition) is 5. The van der Waals surface area contributed by atoms with E-state index in [9.17, 15) is 9.59 Å². The van der Waals surface area contributed by atoms with Gasteiger partial charge in [0.15, 0.2) is 11.6 Å². The van der Waals surface area contributed by atoms with E-state index in [2.05, 4.69) is 41.9 Å². The zero-order chi connectivity index (χ0) is 27.7. The highest BCUT2D eigenvalue weighted by Gasteiger charge is 2.18. The molecule has 0 fully saturated rings. The number of para-hydroxylation sites is 1. The van der Waals surface area contributed by atoms with E-state index in [0.29, 0.717) is 46.6 Å². The lowest BCUT2D eigenvalue weighted by Gasteiger charge is -2.12. The third kappa shape index (κ3) is 5.84. The maximum Gasteiger partial charge on any atom is 0.343 e. The molecule has 10 heteroatoms. The molecule has 0 saturated heterocycles. The third-order valence-electron chi connectivity index (χ3n) is 5.76. The van der Waals surface area contributed by atoms with E-state index in [4.69, 9.17) is 27.9 Å². The fourth-order valence-corrected chi connectivity index (χ4v) is 5.65. The topological polar surface area (TPSA) is 73.5 Å². The maximum absolute atomic E-state index is 13.6. The Labute approximate surface area is 250 Å². The Morgan fingerprint density at radius 3 is 2.49 bits per heavy atom. The summed E-state index contributed by atoms with van der Waals surface area (Å²) in [4.78, 5) is 31.2. The van der Waals surface area contributed by atoms with Crippen LogP contribution in [-0.4, -0.2) is 21.8 Å². The van der Waals surface area contributed by atoms with Crippen LogP contribution in [0.5, 0.6) is 5.75 Å². The molecule has 39 heavy (non-hydrogen) atoms. The van der Waals surface area contributed by atoms with Gasteiger partial charge in [-0.1, -0.05) is 69.0 Å². The molecule has 0 radical (unpaired) electrons. The van der Waals surface area contributed by atoms with Gasteiger partial charge in [0.05, 0.1) is 32.2 Å². The molecule has 1 aromatic heterocycles. The van der Waals surface area contributed by atoms with Gasteiger partial charge in [-0.3, -0.25) is 4.79 Å². The fourth-order valence-electron chi connectivity index (χ4n) is 3.82. The number of esters is 1. The molecular formula is C29H17Br2Cl2N3O3. The van der Waals surface area contributed by atoms with Crippen LogP contribution in [0.25, 0.3) is 22.3 Å². The Kier molecular flexibility index (Phi) is 8.00. The summed E-state index contributed by atoms with van der Waals surface area (Å²) >= 11 is 19.5. The third-order valence-corrected chi connectivity index (χ3v) is 7.35. The van der Waals surface area contributed by atoms with Crippen molar-refractivity contribution in [1.29, 1.82) is 0 Å². The van der Waals surface area contributed by atoms with Crippen LogP contribution in [-0.2, 0) is 0 Å². The number of ether oxygens (including phenoxy) is 1. The summed E-state index contributed by atoms with van der Waals surface area (Å²) in [5.74, 6) is -0.0740. The second-order valence-corrected chi connectivity index (χ2v) is 11.1. The van der Waals surface area contributed by atoms with Gasteiger partial charge < -0.3 is 4.74 Å².